The Balaban J connectivity index is 4.72. The number of nitrogens with zero attached hydrogens (tertiary/aromatic N) is 2. The number of rotatable bonds is 11. The first kappa shape index (κ1) is 28.0. The van der Waals surface area contributed by atoms with Crippen LogP contribution < -0.4 is 0 Å². The van der Waals surface area contributed by atoms with Crippen LogP contribution in [0.2, 0.25) is 0 Å². The summed E-state index contributed by atoms with van der Waals surface area (Å²) in [6, 6.07) is 0. The van der Waals surface area contributed by atoms with E-state index in [4.69, 9.17) is 14.3 Å². The van der Waals surface area contributed by atoms with Crippen LogP contribution in [0.15, 0.2) is 0 Å². The Hall–Kier alpha value is -3.02. The molecule has 0 atom stereocenters. The standard InChI is InChI=1S/C19H30N2O10/c1-7-9-15(25)21(13-23)31-17(27)29-18(3,4)10-11-28-19(5,6)16(26)30-20(12-22)14(24)8-2/h12-13H,7-11H2,1-6H3. The van der Waals surface area contributed by atoms with Gasteiger partial charge in [0, 0.05) is 19.3 Å². The molecule has 0 N–H and O–H groups in total. The van der Waals surface area contributed by atoms with Gasteiger partial charge in [-0.05, 0) is 34.1 Å². The zero-order valence-electron chi connectivity index (χ0n) is 18.7. The van der Waals surface area contributed by atoms with E-state index in [-0.39, 0.29) is 48.8 Å². The average molecular weight is 446 g/mol. The number of carbonyl (C=O) groups excluding carboxylic acids is 6. The molecule has 0 saturated heterocycles. The Bertz CT molecular complexity index is 675. The van der Waals surface area contributed by atoms with Crippen molar-refractivity contribution in [1.29, 1.82) is 0 Å². The third kappa shape index (κ3) is 10.0. The van der Waals surface area contributed by atoms with Gasteiger partial charge in [-0.15, -0.1) is 10.1 Å². The lowest BCUT2D eigenvalue weighted by Crippen LogP contribution is -2.43. The molecule has 0 spiro atoms. The minimum Gasteiger partial charge on any atom is -0.427 e. The predicted molar refractivity (Wildman–Crippen MR) is 103 cm³/mol. The van der Waals surface area contributed by atoms with Gasteiger partial charge in [0.2, 0.25) is 0 Å². The quantitative estimate of drug-likeness (QED) is 0.261. The van der Waals surface area contributed by atoms with Crippen LogP contribution in [0.25, 0.3) is 0 Å². The van der Waals surface area contributed by atoms with Crippen molar-refractivity contribution in [3.05, 3.63) is 0 Å². The summed E-state index contributed by atoms with van der Waals surface area (Å²) in [4.78, 5) is 78.3. The van der Waals surface area contributed by atoms with Gasteiger partial charge >= 0.3 is 12.1 Å². The highest BCUT2D eigenvalue weighted by molar-refractivity contribution is 5.88. The smallest absolute Gasteiger partial charge is 0.427 e. The molecule has 4 amide bonds. The summed E-state index contributed by atoms with van der Waals surface area (Å²) in [5, 5.41) is 0.545. The highest BCUT2D eigenvalue weighted by Crippen LogP contribution is 2.20. The molecule has 0 aromatic carbocycles. The molecule has 12 heteroatoms. The number of ether oxygens (including phenoxy) is 2. The average Bonchev–Trinajstić information content (AvgIpc) is 2.68. The molecule has 0 bridgehead atoms. The Kier molecular flexibility index (Phi) is 11.4. The topological polar surface area (TPSA) is 146 Å². The van der Waals surface area contributed by atoms with Crippen LogP contribution in [0, 0.1) is 0 Å². The van der Waals surface area contributed by atoms with E-state index in [9.17, 15) is 28.8 Å². The fourth-order valence-corrected chi connectivity index (χ4v) is 1.93. The highest BCUT2D eigenvalue weighted by atomic mass is 16.8. The van der Waals surface area contributed by atoms with Gasteiger partial charge in [0.1, 0.15) is 5.60 Å². The number of hydrogen-bond acceptors (Lipinski definition) is 10. The van der Waals surface area contributed by atoms with Crippen molar-refractivity contribution in [1.82, 2.24) is 10.1 Å². The molecule has 31 heavy (non-hydrogen) atoms. The van der Waals surface area contributed by atoms with Crippen LogP contribution in [0.3, 0.4) is 0 Å². The second-order valence-corrected chi connectivity index (χ2v) is 7.44. The largest absolute Gasteiger partial charge is 0.534 e. The molecule has 0 radical (unpaired) electrons. The van der Waals surface area contributed by atoms with Gasteiger partial charge in [0.15, 0.2) is 5.60 Å². The second kappa shape index (κ2) is 12.6. The SMILES string of the molecule is CCCC(=O)N(C=O)OC(=O)OC(C)(C)CCOC(C)(C)C(=O)ON(C=O)C(=O)CC. The van der Waals surface area contributed by atoms with Crippen molar-refractivity contribution < 1.29 is 47.9 Å². The van der Waals surface area contributed by atoms with E-state index >= 15 is 0 Å². The molecule has 0 fully saturated rings. The predicted octanol–water partition coefficient (Wildman–Crippen LogP) is 1.66. The minimum absolute atomic E-state index is 0.0137. The maximum atomic E-state index is 12.2. The van der Waals surface area contributed by atoms with Crippen LogP contribution in [-0.2, 0) is 43.1 Å². The van der Waals surface area contributed by atoms with Gasteiger partial charge in [0.25, 0.3) is 24.6 Å². The molecule has 176 valence electrons. The number of imide groups is 2. The minimum atomic E-state index is -1.52. The molecule has 0 unspecified atom stereocenters. The molecule has 0 aliphatic carbocycles. The van der Waals surface area contributed by atoms with Crippen LogP contribution in [0.5, 0.6) is 0 Å². The highest BCUT2D eigenvalue weighted by Gasteiger charge is 2.35. The summed E-state index contributed by atoms with van der Waals surface area (Å²) in [6.45, 7) is 8.92. The van der Waals surface area contributed by atoms with Crippen molar-refractivity contribution in [2.45, 2.75) is 78.4 Å². The van der Waals surface area contributed by atoms with Gasteiger partial charge in [-0.2, -0.15) is 0 Å². The first-order valence-corrected chi connectivity index (χ1v) is 9.65. The monoisotopic (exact) mass is 446 g/mol. The van der Waals surface area contributed by atoms with E-state index in [0.717, 1.165) is 0 Å². The van der Waals surface area contributed by atoms with Crippen LogP contribution in [-0.4, -0.2) is 64.7 Å². The van der Waals surface area contributed by atoms with Crippen molar-refractivity contribution in [3.63, 3.8) is 0 Å². The number of amides is 4. The molecule has 0 aromatic heterocycles. The Morgan fingerprint density at radius 2 is 1.42 bits per heavy atom. The molecular weight excluding hydrogens is 416 g/mol. The maximum Gasteiger partial charge on any atom is 0.534 e. The Morgan fingerprint density at radius 3 is 1.90 bits per heavy atom. The summed E-state index contributed by atoms with van der Waals surface area (Å²) in [7, 11) is 0. The second-order valence-electron chi connectivity index (χ2n) is 7.44. The summed E-state index contributed by atoms with van der Waals surface area (Å²) < 4.78 is 10.6. The van der Waals surface area contributed by atoms with Crippen molar-refractivity contribution >= 4 is 36.8 Å². The van der Waals surface area contributed by atoms with E-state index in [1.54, 1.807) is 6.92 Å². The van der Waals surface area contributed by atoms with Crippen molar-refractivity contribution in [3.8, 4) is 0 Å². The van der Waals surface area contributed by atoms with Gasteiger partial charge in [-0.1, -0.05) is 13.8 Å². The lowest BCUT2D eigenvalue weighted by Gasteiger charge is -2.28. The third-order valence-corrected chi connectivity index (χ3v) is 3.82. The van der Waals surface area contributed by atoms with Gasteiger partial charge in [-0.25, -0.2) is 9.59 Å². The normalized spacial score (nSPS) is 11.2. The first-order chi connectivity index (χ1) is 14.3. The summed E-state index contributed by atoms with van der Waals surface area (Å²) in [5.74, 6) is -2.37. The van der Waals surface area contributed by atoms with Gasteiger partial charge < -0.3 is 14.3 Å². The summed E-state index contributed by atoms with van der Waals surface area (Å²) in [5.41, 5.74) is -2.67. The number of carbonyl (C=O) groups is 6. The van der Waals surface area contributed by atoms with Gasteiger partial charge in [0.05, 0.1) is 6.61 Å². The molecule has 0 saturated carbocycles. The molecule has 0 aromatic rings. The summed E-state index contributed by atoms with van der Waals surface area (Å²) >= 11 is 0. The van der Waals surface area contributed by atoms with E-state index in [0.29, 0.717) is 6.42 Å². The molecule has 0 rings (SSSR count). The molecular formula is C19H30N2O10. The number of hydrogen-bond donors (Lipinski definition) is 0. The maximum absolute atomic E-state index is 12.2. The van der Waals surface area contributed by atoms with E-state index < -0.39 is 35.1 Å². The molecule has 0 heterocycles. The van der Waals surface area contributed by atoms with Crippen LogP contribution >= 0.6 is 0 Å². The van der Waals surface area contributed by atoms with E-state index in [1.165, 1.54) is 34.6 Å². The van der Waals surface area contributed by atoms with Crippen molar-refractivity contribution in [2.24, 2.45) is 0 Å². The Morgan fingerprint density at radius 1 is 0.871 bits per heavy atom. The molecule has 0 aliphatic rings. The van der Waals surface area contributed by atoms with Crippen LogP contribution in [0.1, 0.15) is 67.2 Å². The van der Waals surface area contributed by atoms with Crippen molar-refractivity contribution in [2.75, 3.05) is 6.61 Å². The molecule has 12 nitrogen and oxygen atoms in total. The molecule has 0 aliphatic heterocycles. The fourth-order valence-electron chi connectivity index (χ4n) is 1.93. The van der Waals surface area contributed by atoms with E-state index in [2.05, 4.69) is 4.84 Å². The lowest BCUT2D eigenvalue weighted by atomic mass is 10.1. The first-order valence-electron chi connectivity index (χ1n) is 9.65. The third-order valence-electron chi connectivity index (χ3n) is 3.82. The van der Waals surface area contributed by atoms with Crippen LogP contribution in [0.4, 0.5) is 4.79 Å². The Labute approximate surface area is 180 Å². The van der Waals surface area contributed by atoms with E-state index in [1.807, 2.05) is 0 Å². The fraction of sp³-hybridized carbons (Fsp3) is 0.684. The summed E-state index contributed by atoms with van der Waals surface area (Å²) in [6.07, 6.45) is -0.597. The van der Waals surface area contributed by atoms with Gasteiger partial charge in [-0.3, -0.25) is 24.0 Å². The zero-order chi connectivity index (χ0) is 24.2. The lowest BCUT2D eigenvalue weighted by molar-refractivity contribution is -0.211. The number of hydroxylamine groups is 4. The zero-order valence-corrected chi connectivity index (χ0v) is 18.7.